The van der Waals surface area contributed by atoms with E-state index in [1.54, 1.807) is 62.6 Å². The van der Waals surface area contributed by atoms with Crippen LogP contribution < -0.4 is 20.7 Å². The number of ether oxygens (including phenoxy) is 1. The number of nitrogens with zero attached hydrogens (tertiary/aromatic N) is 3. The Balaban J connectivity index is 1.55. The molecule has 1 atom stereocenters. The zero-order valence-corrected chi connectivity index (χ0v) is 22.0. The molecule has 0 radical (unpaired) electrons. The normalized spacial score (nSPS) is 14.1. The topological polar surface area (TPSA) is 140 Å². The van der Waals surface area contributed by atoms with Gasteiger partial charge in [-0.2, -0.15) is 5.10 Å². The number of hydrogen-bond acceptors (Lipinski definition) is 7. The fourth-order valence-corrected chi connectivity index (χ4v) is 4.54. The van der Waals surface area contributed by atoms with E-state index in [-0.39, 0.29) is 16.8 Å². The molecule has 11 heteroatoms. The highest BCUT2D eigenvalue weighted by atomic mass is 16.6. The van der Waals surface area contributed by atoms with Crippen LogP contribution in [0.15, 0.2) is 90.3 Å². The first-order chi connectivity index (χ1) is 19.2. The van der Waals surface area contributed by atoms with Crippen LogP contribution in [0.1, 0.15) is 34.5 Å². The highest BCUT2D eigenvalue weighted by Gasteiger charge is 2.36. The van der Waals surface area contributed by atoms with Crippen molar-refractivity contribution in [2.75, 3.05) is 23.1 Å². The van der Waals surface area contributed by atoms with Gasteiger partial charge in [-0.15, -0.1) is 0 Å². The number of nitrogens with one attached hydrogen (secondary N) is 3. The maximum atomic E-state index is 13.7. The number of aryl methyl sites for hydroxylation is 1. The number of hydrogen-bond donors (Lipinski definition) is 3. The lowest BCUT2D eigenvalue weighted by Gasteiger charge is -2.30. The molecular weight excluding hydrogens is 512 g/mol. The minimum atomic E-state index is -0.852. The van der Waals surface area contributed by atoms with Crippen molar-refractivity contribution in [3.05, 3.63) is 117 Å². The molecule has 1 aromatic heterocycles. The van der Waals surface area contributed by atoms with Crippen LogP contribution in [-0.4, -0.2) is 33.6 Å². The maximum absolute atomic E-state index is 13.7. The number of carbonyl (C=O) groups excluding carboxylic acids is 2. The summed E-state index contributed by atoms with van der Waals surface area (Å²) in [6.07, 6.45) is 1.41. The molecule has 1 aliphatic heterocycles. The van der Waals surface area contributed by atoms with Gasteiger partial charge >= 0.3 is 0 Å². The minimum Gasteiger partial charge on any atom is -0.497 e. The third-order valence-corrected chi connectivity index (χ3v) is 6.57. The summed E-state index contributed by atoms with van der Waals surface area (Å²) in [5.41, 5.74) is 3.56. The summed E-state index contributed by atoms with van der Waals surface area (Å²) in [4.78, 5) is 38.0. The van der Waals surface area contributed by atoms with Crippen molar-refractivity contribution < 1.29 is 19.2 Å². The van der Waals surface area contributed by atoms with Crippen LogP contribution in [0.5, 0.6) is 5.75 Å². The molecule has 0 aliphatic carbocycles. The Kier molecular flexibility index (Phi) is 7.02. The monoisotopic (exact) mass is 538 g/mol. The van der Waals surface area contributed by atoms with Crippen LogP contribution in [0.2, 0.25) is 0 Å². The van der Waals surface area contributed by atoms with Crippen LogP contribution in [0.25, 0.3) is 0 Å². The quantitative estimate of drug-likeness (QED) is 0.215. The number of aromatic nitrogens is 2. The number of amides is 2. The van der Waals surface area contributed by atoms with Crippen molar-refractivity contribution in [2.24, 2.45) is 0 Å². The zero-order chi connectivity index (χ0) is 28.4. The van der Waals surface area contributed by atoms with Crippen molar-refractivity contribution in [2.45, 2.75) is 19.9 Å². The second kappa shape index (κ2) is 10.7. The number of methoxy groups -OCH3 is 1. The highest BCUT2D eigenvalue weighted by Crippen LogP contribution is 2.39. The number of allylic oxidation sites excluding steroid dienone is 1. The number of rotatable bonds is 7. The van der Waals surface area contributed by atoms with Crippen molar-refractivity contribution in [3.8, 4) is 5.75 Å². The average Bonchev–Trinajstić information content (AvgIpc) is 3.37. The molecule has 40 heavy (non-hydrogen) atoms. The van der Waals surface area contributed by atoms with Gasteiger partial charge in [0.05, 0.1) is 23.8 Å². The molecule has 0 unspecified atom stereocenters. The first kappa shape index (κ1) is 26.2. The zero-order valence-electron chi connectivity index (χ0n) is 22.0. The summed E-state index contributed by atoms with van der Waals surface area (Å²) in [7, 11) is 1.55. The van der Waals surface area contributed by atoms with E-state index in [2.05, 4.69) is 21.0 Å². The largest absolute Gasteiger partial charge is 0.497 e. The number of nitro groups is 1. The highest BCUT2D eigenvalue weighted by molar-refractivity contribution is 6.09. The van der Waals surface area contributed by atoms with Crippen LogP contribution in [0.4, 0.5) is 22.9 Å². The Hall–Kier alpha value is -5.45. The lowest BCUT2D eigenvalue weighted by atomic mass is 9.94. The Labute approximate surface area is 229 Å². The fourth-order valence-electron chi connectivity index (χ4n) is 4.54. The van der Waals surface area contributed by atoms with Crippen LogP contribution >= 0.6 is 0 Å². The van der Waals surface area contributed by atoms with E-state index in [0.717, 1.165) is 5.56 Å². The summed E-state index contributed by atoms with van der Waals surface area (Å²) in [6.45, 7) is 3.67. The number of carbonyl (C=O) groups is 2. The SMILES string of the molecule is COc1ccc(NC(=O)C2=C(C)Nc3c(C(=O)Nc4ccc(C)cc4)cnn3[C@H]2c2cccc([N+](=O)[O-])c2)cc1. The van der Waals surface area contributed by atoms with E-state index in [9.17, 15) is 19.7 Å². The smallest absolute Gasteiger partial charge is 0.269 e. The summed E-state index contributed by atoms with van der Waals surface area (Å²) in [5, 5.41) is 24.9. The van der Waals surface area contributed by atoms with Crippen molar-refractivity contribution in [1.82, 2.24) is 9.78 Å². The molecule has 11 nitrogen and oxygen atoms in total. The first-order valence-corrected chi connectivity index (χ1v) is 12.4. The summed E-state index contributed by atoms with van der Waals surface area (Å²) >= 11 is 0. The summed E-state index contributed by atoms with van der Waals surface area (Å²) in [5.74, 6) is 0.173. The van der Waals surface area contributed by atoms with E-state index in [0.29, 0.717) is 34.2 Å². The van der Waals surface area contributed by atoms with E-state index >= 15 is 0 Å². The number of anilines is 3. The minimum absolute atomic E-state index is 0.130. The van der Waals surface area contributed by atoms with E-state index in [1.165, 1.54) is 23.0 Å². The molecule has 0 saturated carbocycles. The predicted octanol–water partition coefficient (Wildman–Crippen LogP) is 5.29. The molecule has 0 fully saturated rings. The number of nitro benzene ring substituents is 1. The van der Waals surface area contributed by atoms with Gasteiger partial charge in [-0.05, 0) is 55.8 Å². The number of non-ortho nitro benzene ring substituents is 1. The molecule has 2 amide bonds. The molecule has 202 valence electrons. The second-order valence-electron chi connectivity index (χ2n) is 9.27. The fraction of sp³-hybridized carbons (Fsp3) is 0.138. The summed E-state index contributed by atoms with van der Waals surface area (Å²) < 4.78 is 6.68. The van der Waals surface area contributed by atoms with Crippen molar-refractivity contribution in [3.63, 3.8) is 0 Å². The van der Waals surface area contributed by atoms with Gasteiger partial charge in [0.2, 0.25) is 0 Å². The Bertz CT molecular complexity index is 1640. The van der Waals surface area contributed by atoms with Gasteiger partial charge < -0.3 is 20.7 Å². The van der Waals surface area contributed by atoms with Crippen LogP contribution in [0, 0.1) is 17.0 Å². The first-order valence-electron chi connectivity index (χ1n) is 12.4. The molecule has 0 bridgehead atoms. The predicted molar refractivity (Wildman–Crippen MR) is 151 cm³/mol. The van der Waals surface area contributed by atoms with E-state index < -0.39 is 22.8 Å². The van der Waals surface area contributed by atoms with E-state index in [4.69, 9.17) is 4.74 Å². The third kappa shape index (κ3) is 5.12. The van der Waals surface area contributed by atoms with Gasteiger partial charge in [0.25, 0.3) is 17.5 Å². The molecule has 0 spiro atoms. The molecule has 3 N–H and O–H groups in total. The molecule has 1 aliphatic rings. The lowest BCUT2D eigenvalue weighted by molar-refractivity contribution is -0.384. The third-order valence-electron chi connectivity index (χ3n) is 6.57. The van der Waals surface area contributed by atoms with Gasteiger partial charge in [0.15, 0.2) is 0 Å². The average molecular weight is 539 g/mol. The van der Waals surface area contributed by atoms with Gasteiger partial charge in [-0.1, -0.05) is 29.8 Å². The Morgan fingerprint density at radius 1 is 0.975 bits per heavy atom. The maximum Gasteiger partial charge on any atom is 0.269 e. The van der Waals surface area contributed by atoms with Crippen LogP contribution in [0.3, 0.4) is 0 Å². The van der Waals surface area contributed by atoms with Crippen LogP contribution in [-0.2, 0) is 4.79 Å². The van der Waals surface area contributed by atoms with Crippen molar-refractivity contribution in [1.29, 1.82) is 0 Å². The number of fused-ring (bicyclic) bond motifs is 1. The molecule has 2 heterocycles. The molecule has 4 aromatic rings. The molecule has 5 rings (SSSR count). The summed E-state index contributed by atoms with van der Waals surface area (Å²) in [6, 6.07) is 19.4. The molecule has 3 aromatic carbocycles. The molecule has 0 saturated heterocycles. The second-order valence-corrected chi connectivity index (χ2v) is 9.27. The Morgan fingerprint density at radius 3 is 2.27 bits per heavy atom. The Morgan fingerprint density at radius 2 is 1.62 bits per heavy atom. The van der Waals surface area contributed by atoms with Crippen molar-refractivity contribution >= 4 is 34.7 Å². The van der Waals surface area contributed by atoms with Gasteiger partial charge in [-0.25, -0.2) is 4.68 Å². The van der Waals surface area contributed by atoms with E-state index in [1.807, 2.05) is 19.1 Å². The van der Waals surface area contributed by atoms with Gasteiger partial charge in [0.1, 0.15) is 23.2 Å². The van der Waals surface area contributed by atoms with Gasteiger partial charge in [-0.3, -0.25) is 19.7 Å². The lowest BCUT2D eigenvalue weighted by Crippen LogP contribution is -2.32. The molecular formula is C29H26N6O5. The standard InChI is InChI=1S/C29H26N6O5/c1-17-7-9-20(10-8-17)32-28(36)24-16-30-34-26(19-5-4-6-22(15-19)35(38)39)25(18(2)31-27(24)34)29(37)33-21-11-13-23(40-3)14-12-21/h4-16,26,31H,1-3H3,(H,32,36)(H,33,37)/t26-/m0/s1. The number of benzene rings is 3. The van der Waals surface area contributed by atoms with Gasteiger partial charge in [0, 0.05) is 29.2 Å².